The van der Waals surface area contributed by atoms with Crippen LogP contribution in [0.4, 0.5) is 0 Å². The molecule has 1 aromatic rings. The zero-order valence-electron chi connectivity index (χ0n) is 12.8. The zero-order chi connectivity index (χ0) is 15.7. The highest BCUT2D eigenvalue weighted by Gasteiger charge is 2.15. The quantitative estimate of drug-likeness (QED) is 0.797. The van der Waals surface area contributed by atoms with Crippen molar-refractivity contribution in [3.05, 3.63) is 23.8 Å². The Kier molecular flexibility index (Phi) is 7.10. The number of rotatable bonds is 8. The van der Waals surface area contributed by atoms with E-state index in [2.05, 4.69) is 5.32 Å². The molecule has 0 heterocycles. The fraction of sp³-hybridized carbons (Fsp3) is 0.500. The molecule has 5 heteroatoms. The number of carbonyl (C=O) groups excluding carboxylic acids is 1. The third-order valence-corrected chi connectivity index (χ3v) is 3.21. The van der Waals surface area contributed by atoms with Crippen LogP contribution in [0.2, 0.25) is 0 Å². The maximum Gasteiger partial charge on any atom is 0.237 e. The van der Waals surface area contributed by atoms with Crippen molar-refractivity contribution in [2.24, 2.45) is 5.92 Å². The number of carbonyl (C=O) groups is 1. The van der Waals surface area contributed by atoms with Crippen LogP contribution in [0.25, 0.3) is 0 Å². The van der Waals surface area contributed by atoms with Crippen LogP contribution in [0.15, 0.2) is 18.2 Å². The number of methoxy groups -OCH3 is 2. The minimum atomic E-state index is -0.555. The molecule has 114 valence electrons. The number of nitriles is 1. The summed E-state index contributed by atoms with van der Waals surface area (Å²) in [7, 11) is 3.18. The van der Waals surface area contributed by atoms with Crippen molar-refractivity contribution in [3.8, 4) is 17.6 Å². The molecule has 1 rings (SSSR count). The van der Waals surface area contributed by atoms with Gasteiger partial charge in [-0.05, 0) is 30.5 Å². The van der Waals surface area contributed by atoms with Gasteiger partial charge in [0.05, 0.1) is 20.3 Å². The van der Waals surface area contributed by atoms with Gasteiger partial charge in [0.15, 0.2) is 11.5 Å². The molecule has 0 bridgehead atoms. The van der Waals surface area contributed by atoms with Crippen molar-refractivity contribution in [3.63, 3.8) is 0 Å². The Morgan fingerprint density at radius 3 is 2.62 bits per heavy atom. The summed E-state index contributed by atoms with van der Waals surface area (Å²) in [6.07, 6.45) is 2.09. The predicted molar refractivity (Wildman–Crippen MR) is 80.3 cm³/mol. The number of nitrogens with zero attached hydrogens (tertiary/aromatic N) is 1. The molecule has 0 spiro atoms. The molecule has 0 aliphatic heterocycles. The second kappa shape index (κ2) is 8.85. The fourth-order valence-corrected chi connectivity index (χ4v) is 2.03. The normalized spacial score (nSPS) is 11.3. The lowest BCUT2D eigenvalue weighted by Gasteiger charge is -2.11. The van der Waals surface area contributed by atoms with Crippen molar-refractivity contribution in [2.75, 3.05) is 20.8 Å². The van der Waals surface area contributed by atoms with Crippen molar-refractivity contribution < 1.29 is 14.3 Å². The maximum absolute atomic E-state index is 11.8. The first-order valence-electron chi connectivity index (χ1n) is 7.04. The summed E-state index contributed by atoms with van der Waals surface area (Å²) < 4.78 is 10.4. The molecule has 1 unspecified atom stereocenters. The first kappa shape index (κ1) is 16.8. The van der Waals surface area contributed by atoms with Crippen molar-refractivity contribution in [2.45, 2.75) is 26.2 Å². The molecule has 0 aromatic heterocycles. The van der Waals surface area contributed by atoms with Crippen LogP contribution in [0, 0.1) is 17.2 Å². The van der Waals surface area contributed by atoms with Gasteiger partial charge in [0.2, 0.25) is 5.91 Å². The van der Waals surface area contributed by atoms with Gasteiger partial charge in [0.1, 0.15) is 5.92 Å². The molecule has 0 aliphatic rings. The summed E-state index contributed by atoms with van der Waals surface area (Å²) >= 11 is 0. The van der Waals surface area contributed by atoms with Gasteiger partial charge in [-0.3, -0.25) is 4.79 Å². The van der Waals surface area contributed by atoms with Gasteiger partial charge in [-0.1, -0.05) is 19.4 Å². The van der Waals surface area contributed by atoms with Crippen molar-refractivity contribution in [1.82, 2.24) is 5.32 Å². The molecule has 0 saturated carbocycles. The lowest BCUT2D eigenvalue weighted by atomic mass is 10.0. The molecular formula is C16H22N2O3. The Morgan fingerprint density at radius 2 is 2.05 bits per heavy atom. The van der Waals surface area contributed by atoms with Gasteiger partial charge < -0.3 is 14.8 Å². The highest BCUT2D eigenvalue weighted by Crippen LogP contribution is 2.27. The van der Waals surface area contributed by atoms with Gasteiger partial charge in [0.25, 0.3) is 0 Å². The Hall–Kier alpha value is -2.22. The Balaban J connectivity index is 2.53. The molecule has 1 aromatic carbocycles. The van der Waals surface area contributed by atoms with E-state index >= 15 is 0 Å². The Bertz CT molecular complexity index is 509. The van der Waals surface area contributed by atoms with Crippen molar-refractivity contribution >= 4 is 5.91 Å². The summed E-state index contributed by atoms with van der Waals surface area (Å²) in [5.41, 5.74) is 1.04. The number of benzene rings is 1. The largest absolute Gasteiger partial charge is 0.493 e. The lowest BCUT2D eigenvalue weighted by molar-refractivity contribution is -0.123. The fourth-order valence-electron chi connectivity index (χ4n) is 2.03. The molecule has 1 atom stereocenters. The van der Waals surface area contributed by atoms with Gasteiger partial charge in [-0.2, -0.15) is 5.26 Å². The van der Waals surface area contributed by atoms with E-state index in [1.807, 2.05) is 31.2 Å². The average Bonchev–Trinajstić information content (AvgIpc) is 2.52. The smallest absolute Gasteiger partial charge is 0.237 e. The van der Waals surface area contributed by atoms with E-state index in [0.29, 0.717) is 30.9 Å². The maximum atomic E-state index is 11.8. The molecule has 0 fully saturated rings. The highest BCUT2D eigenvalue weighted by molar-refractivity contribution is 5.80. The van der Waals surface area contributed by atoms with Gasteiger partial charge in [-0.15, -0.1) is 0 Å². The van der Waals surface area contributed by atoms with Gasteiger partial charge >= 0.3 is 0 Å². The van der Waals surface area contributed by atoms with E-state index in [1.165, 1.54) is 0 Å². The van der Waals surface area contributed by atoms with Gasteiger partial charge in [0, 0.05) is 6.54 Å². The van der Waals surface area contributed by atoms with E-state index in [9.17, 15) is 4.79 Å². The van der Waals surface area contributed by atoms with E-state index in [4.69, 9.17) is 14.7 Å². The van der Waals surface area contributed by atoms with E-state index in [0.717, 1.165) is 12.0 Å². The highest BCUT2D eigenvalue weighted by atomic mass is 16.5. The predicted octanol–water partition coefficient (Wildman–Crippen LogP) is 2.30. The van der Waals surface area contributed by atoms with Gasteiger partial charge in [-0.25, -0.2) is 0 Å². The third kappa shape index (κ3) is 4.99. The van der Waals surface area contributed by atoms with Crippen LogP contribution in [0.5, 0.6) is 11.5 Å². The number of hydrogen-bond donors (Lipinski definition) is 1. The van der Waals surface area contributed by atoms with E-state index in [-0.39, 0.29) is 5.91 Å². The van der Waals surface area contributed by atoms with Crippen LogP contribution in [0.1, 0.15) is 25.3 Å². The summed E-state index contributed by atoms with van der Waals surface area (Å²) in [5.74, 6) is 0.597. The van der Waals surface area contributed by atoms with Crippen LogP contribution < -0.4 is 14.8 Å². The molecule has 5 nitrogen and oxygen atoms in total. The van der Waals surface area contributed by atoms with Crippen LogP contribution >= 0.6 is 0 Å². The topological polar surface area (TPSA) is 71.4 Å². The van der Waals surface area contributed by atoms with Crippen LogP contribution in [0.3, 0.4) is 0 Å². The lowest BCUT2D eigenvalue weighted by Crippen LogP contribution is -2.31. The second-order valence-corrected chi connectivity index (χ2v) is 4.70. The van der Waals surface area contributed by atoms with Crippen LogP contribution in [-0.2, 0) is 11.2 Å². The Labute approximate surface area is 125 Å². The first-order chi connectivity index (χ1) is 10.2. The monoisotopic (exact) mass is 290 g/mol. The van der Waals surface area contributed by atoms with E-state index in [1.54, 1.807) is 14.2 Å². The van der Waals surface area contributed by atoms with E-state index < -0.39 is 5.92 Å². The summed E-state index contributed by atoms with van der Waals surface area (Å²) in [5, 5.41) is 11.7. The SMILES string of the molecule is CCCC(C#N)C(=O)NCCc1ccc(OC)c(OC)c1. The molecule has 0 aliphatic carbocycles. The molecule has 21 heavy (non-hydrogen) atoms. The second-order valence-electron chi connectivity index (χ2n) is 4.70. The number of amides is 1. The molecule has 1 N–H and O–H groups in total. The summed E-state index contributed by atoms with van der Waals surface area (Å²) in [6.45, 7) is 2.46. The zero-order valence-corrected chi connectivity index (χ0v) is 12.8. The minimum absolute atomic E-state index is 0.195. The first-order valence-corrected chi connectivity index (χ1v) is 7.04. The molecule has 0 radical (unpaired) electrons. The van der Waals surface area contributed by atoms with Crippen molar-refractivity contribution in [1.29, 1.82) is 5.26 Å². The number of hydrogen-bond acceptors (Lipinski definition) is 4. The molecule has 0 saturated heterocycles. The average molecular weight is 290 g/mol. The number of ether oxygens (including phenoxy) is 2. The molecular weight excluding hydrogens is 268 g/mol. The summed E-state index contributed by atoms with van der Waals surface area (Å²) in [4.78, 5) is 11.8. The van der Waals surface area contributed by atoms with Crippen LogP contribution in [-0.4, -0.2) is 26.7 Å². The summed E-state index contributed by atoms with van der Waals surface area (Å²) in [6, 6.07) is 7.69. The number of nitrogens with one attached hydrogen (secondary N) is 1. The standard InChI is InChI=1S/C16H22N2O3/c1-4-5-13(11-17)16(19)18-9-8-12-6-7-14(20-2)15(10-12)21-3/h6-7,10,13H,4-5,8-9H2,1-3H3,(H,18,19). The Morgan fingerprint density at radius 1 is 1.33 bits per heavy atom. The molecule has 1 amide bonds. The third-order valence-electron chi connectivity index (χ3n) is 3.21. The minimum Gasteiger partial charge on any atom is -0.493 e.